The molecule has 1 saturated carbocycles. The second-order valence-electron chi connectivity index (χ2n) is 6.33. The highest BCUT2D eigenvalue weighted by Gasteiger charge is 2.34. The van der Waals surface area contributed by atoms with Crippen molar-refractivity contribution in [3.05, 3.63) is 35.4 Å². The molecule has 1 aromatic rings. The van der Waals surface area contributed by atoms with Crippen LogP contribution in [-0.4, -0.2) is 47.3 Å². The summed E-state index contributed by atoms with van der Waals surface area (Å²) in [5.74, 6) is -1.50. The number of nitrogens with one attached hydrogen (secondary N) is 1. The molecular weight excluding hydrogens is 324 g/mol. The van der Waals surface area contributed by atoms with Crippen LogP contribution in [0.25, 0.3) is 0 Å². The molecule has 1 aliphatic heterocycles. The molecule has 0 saturated heterocycles. The molecule has 7 nitrogen and oxygen atoms in total. The van der Waals surface area contributed by atoms with Gasteiger partial charge in [-0.3, -0.25) is 24.1 Å². The normalized spacial score (nSPS) is 17.2. The van der Waals surface area contributed by atoms with Gasteiger partial charge in [0.2, 0.25) is 0 Å². The molecule has 25 heavy (non-hydrogen) atoms. The zero-order valence-electron chi connectivity index (χ0n) is 14.0. The van der Waals surface area contributed by atoms with Crippen LogP contribution in [-0.2, 0) is 14.3 Å². The van der Waals surface area contributed by atoms with Crippen molar-refractivity contribution in [1.29, 1.82) is 0 Å². The first kappa shape index (κ1) is 17.1. The van der Waals surface area contributed by atoms with E-state index in [9.17, 15) is 19.2 Å². The Kier molecular flexibility index (Phi) is 4.83. The molecule has 3 rings (SSSR count). The maximum atomic E-state index is 12.2. The molecule has 132 valence electrons. The molecule has 0 radical (unpaired) electrons. The number of hydrogen-bond acceptors (Lipinski definition) is 5. The maximum Gasteiger partial charge on any atom is 0.306 e. The zero-order chi connectivity index (χ0) is 18.0. The Morgan fingerprint density at radius 3 is 2.36 bits per heavy atom. The van der Waals surface area contributed by atoms with E-state index in [0.29, 0.717) is 17.5 Å². The number of amides is 3. The van der Waals surface area contributed by atoms with Gasteiger partial charge in [-0.25, -0.2) is 0 Å². The van der Waals surface area contributed by atoms with Gasteiger partial charge >= 0.3 is 5.97 Å². The number of hydrogen-bond donors (Lipinski definition) is 1. The predicted octanol–water partition coefficient (Wildman–Crippen LogP) is 1.27. The summed E-state index contributed by atoms with van der Waals surface area (Å²) >= 11 is 0. The lowest BCUT2D eigenvalue weighted by Crippen LogP contribution is -2.37. The smallest absolute Gasteiger partial charge is 0.306 e. The van der Waals surface area contributed by atoms with E-state index >= 15 is 0 Å². The molecule has 2 aliphatic rings. The van der Waals surface area contributed by atoms with E-state index in [1.807, 2.05) is 0 Å². The summed E-state index contributed by atoms with van der Waals surface area (Å²) in [6.45, 7) is 1.67. The van der Waals surface area contributed by atoms with Crippen LogP contribution in [0.15, 0.2) is 24.3 Å². The third kappa shape index (κ3) is 3.87. The van der Waals surface area contributed by atoms with Crippen molar-refractivity contribution in [3.63, 3.8) is 0 Å². The lowest BCUT2D eigenvalue weighted by molar-refractivity contribution is -0.155. The van der Waals surface area contributed by atoms with Gasteiger partial charge in [0.25, 0.3) is 17.7 Å². The summed E-state index contributed by atoms with van der Waals surface area (Å²) < 4.78 is 5.08. The van der Waals surface area contributed by atoms with Crippen LogP contribution in [0.2, 0.25) is 0 Å². The number of nitrogens with zero attached hydrogens (tertiary/aromatic N) is 1. The first-order valence-electron chi connectivity index (χ1n) is 8.42. The fourth-order valence-electron chi connectivity index (χ4n) is 2.68. The standard InChI is InChI=1S/C18H20N2O5/c1-11(16(22)19-12-8-9-12)25-15(21)7-4-10-20-17(23)13-5-2-3-6-14(13)18(20)24/h2-3,5-6,11-12H,4,7-10H2,1H3,(H,19,22)/t11-/m0/s1. The van der Waals surface area contributed by atoms with Gasteiger partial charge in [-0.05, 0) is 38.3 Å². The number of imide groups is 1. The first-order chi connectivity index (χ1) is 12.0. The molecule has 0 aromatic heterocycles. The molecular formula is C18H20N2O5. The van der Waals surface area contributed by atoms with E-state index in [-0.39, 0.29) is 36.7 Å². The highest BCUT2D eigenvalue weighted by Crippen LogP contribution is 2.22. The summed E-state index contributed by atoms with van der Waals surface area (Å²) in [7, 11) is 0. The summed E-state index contributed by atoms with van der Waals surface area (Å²) in [5, 5.41) is 2.77. The average Bonchev–Trinajstić information content (AvgIpc) is 3.37. The number of fused-ring (bicyclic) bond motifs is 1. The number of benzene rings is 1. The van der Waals surface area contributed by atoms with Gasteiger partial charge in [0, 0.05) is 19.0 Å². The largest absolute Gasteiger partial charge is 0.453 e. The third-order valence-corrected chi connectivity index (χ3v) is 4.24. The van der Waals surface area contributed by atoms with Crippen molar-refractivity contribution in [2.45, 2.75) is 44.8 Å². The van der Waals surface area contributed by atoms with Crippen molar-refractivity contribution < 1.29 is 23.9 Å². The molecule has 0 bridgehead atoms. The number of carbonyl (C=O) groups is 4. The van der Waals surface area contributed by atoms with E-state index < -0.39 is 12.1 Å². The Hall–Kier alpha value is -2.70. The van der Waals surface area contributed by atoms with E-state index in [2.05, 4.69) is 5.32 Å². The minimum absolute atomic E-state index is 0.0362. The minimum atomic E-state index is -0.840. The number of carbonyl (C=O) groups excluding carboxylic acids is 4. The van der Waals surface area contributed by atoms with Crippen molar-refractivity contribution in [3.8, 4) is 0 Å². The molecule has 3 amide bonds. The predicted molar refractivity (Wildman–Crippen MR) is 87.8 cm³/mol. The number of ether oxygens (including phenoxy) is 1. The first-order valence-corrected chi connectivity index (χ1v) is 8.42. The Morgan fingerprint density at radius 1 is 1.20 bits per heavy atom. The fourth-order valence-corrected chi connectivity index (χ4v) is 2.68. The molecule has 1 aliphatic carbocycles. The Bertz CT molecular complexity index is 691. The van der Waals surface area contributed by atoms with E-state index in [0.717, 1.165) is 17.7 Å². The van der Waals surface area contributed by atoms with Gasteiger partial charge in [0.15, 0.2) is 6.10 Å². The zero-order valence-corrected chi connectivity index (χ0v) is 14.0. The molecule has 0 unspecified atom stereocenters. The second-order valence-corrected chi connectivity index (χ2v) is 6.33. The van der Waals surface area contributed by atoms with Crippen molar-refractivity contribution in [2.24, 2.45) is 0 Å². The third-order valence-electron chi connectivity index (χ3n) is 4.24. The Labute approximate surface area is 145 Å². The van der Waals surface area contributed by atoms with Crippen LogP contribution >= 0.6 is 0 Å². The summed E-state index contributed by atoms with van der Waals surface area (Å²) in [6.07, 6.45) is 1.42. The molecule has 0 spiro atoms. The van der Waals surface area contributed by atoms with Gasteiger partial charge in [0.1, 0.15) is 0 Å². The van der Waals surface area contributed by atoms with E-state index in [1.54, 1.807) is 24.3 Å². The number of esters is 1. The lowest BCUT2D eigenvalue weighted by atomic mass is 10.1. The summed E-state index contributed by atoms with van der Waals surface area (Å²) in [5.41, 5.74) is 0.779. The minimum Gasteiger partial charge on any atom is -0.453 e. The van der Waals surface area contributed by atoms with E-state index in [4.69, 9.17) is 4.74 Å². The fraction of sp³-hybridized carbons (Fsp3) is 0.444. The SMILES string of the molecule is C[C@H](OC(=O)CCCN1C(=O)c2ccccc2C1=O)C(=O)NC1CC1. The Balaban J connectivity index is 1.43. The highest BCUT2D eigenvalue weighted by molar-refractivity contribution is 6.21. The Morgan fingerprint density at radius 2 is 1.80 bits per heavy atom. The van der Waals surface area contributed by atoms with Gasteiger partial charge < -0.3 is 10.1 Å². The number of rotatable bonds is 7. The molecule has 1 atom stereocenters. The van der Waals surface area contributed by atoms with Crippen molar-refractivity contribution >= 4 is 23.7 Å². The molecule has 1 aromatic carbocycles. The van der Waals surface area contributed by atoms with Gasteiger partial charge in [-0.15, -0.1) is 0 Å². The summed E-state index contributed by atoms with van der Waals surface area (Å²) in [6, 6.07) is 6.86. The summed E-state index contributed by atoms with van der Waals surface area (Å²) in [4.78, 5) is 49.1. The molecule has 1 fully saturated rings. The van der Waals surface area contributed by atoms with Gasteiger partial charge in [-0.2, -0.15) is 0 Å². The highest BCUT2D eigenvalue weighted by atomic mass is 16.5. The lowest BCUT2D eigenvalue weighted by Gasteiger charge is -2.15. The topological polar surface area (TPSA) is 92.8 Å². The van der Waals surface area contributed by atoms with Crippen molar-refractivity contribution in [1.82, 2.24) is 10.2 Å². The van der Waals surface area contributed by atoms with E-state index in [1.165, 1.54) is 6.92 Å². The van der Waals surface area contributed by atoms with Gasteiger partial charge in [0.05, 0.1) is 11.1 Å². The van der Waals surface area contributed by atoms with Crippen LogP contribution in [0, 0.1) is 0 Å². The quantitative estimate of drug-likeness (QED) is 0.594. The maximum absolute atomic E-state index is 12.2. The van der Waals surface area contributed by atoms with Crippen LogP contribution < -0.4 is 5.32 Å². The molecule has 1 N–H and O–H groups in total. The van der Waals surface area contributed by atoms with Crippen molar-refractivity contribution in [2.75, 3.05) is 6.54 Å². The van der Waals surface area contributed by atoms with Crippen LogP contribution in [0.1, 0.15) is 53.3 Å². The molecule has 7 heteroatoms. The monoisotopic (exact) mass is 344 g/mol. The molecule has 1 heterocycles. The average molecular weight is 344 g/mol. The van der Waals surface area contributed by atoms with Crippen LogP contribution in [0.3, 0.4) is 0 Å². The second kappa shape index (κ2) is 7.04. The van der Waals surface area contributed by atoms with Gasteiger partial charge in [-0.1, -0.05) is 12.1 Å². The van der Waals surface area contributed by atoms with Crippen LogP contribution in [0.4, 0.5) is 0 Å². The van der Waals surface area contributed by atoms with Crippen LogP contribution in [0.5, 0.6) is 0 Å².